The number of halogens is 2. The second-order valence-corrected chi connectivity index (χ2v) is 12.1. The molecule has 1 aliphatic rings. The number of nitrogens with one attached hydrogen (secondary N) is 1. The minimum Gasteiger partial charge on any atom is -0.348 e. The van der Waals surface area contributed by atoms with E-state index >= 15 is 0 Å². The molecule has 9 heteroatoms. The number of benzene rings is 3. The molecule has 2 atom stereocenters. The highest BCUT2D eigenvalue weighted by atomic mass is 35.5. The van der Waals surface area contributed by atoms with Gasteiger partial charge in [-0.1, -0.05) is 50.6 Å². The van der Waals surface area contributed by atoms with Crippen LogP contribution < -0.4 is 10.2 Å². The first-order chi connectivity index (χ1) is 17.5. The molecule has 0 bridgehead atoms. The molecular weight excluding hydrogens is 515 g/mol. The third kappa shape index (κ3) is 5.40. The quantitative estimate of drug-likeness (QED) is 0.378. The van der Waals surface area contributed by atoms with E-state index in [0.717, 1.165) is 5.56 Å². The summed E-state index contributed by atoms with van der Waals surface area (Å²) >= 11 is 5.85. The lowest BCUT2D eigenvalue weighted by Gasteiger charge is -2.49. The molecule has 1 saturated heterocycles. The highest BCUT2D eigenvalue weighted by Crippen LogP contribution is 2.47. The van der Waals surface area contributed by atoms with Crippen molar-refractivity contribution in [2.45, 2.75) is 38.3 Å². The van der Waals surface area contributed by atoms with Gasteiger partial charge in [-0.15, -0.1) is 0 Å². The Kier molecular flexibility index (Phi) is 7.71. The first-order valence-corrected chi connectivity index (χ1v) is 14.0. The number of carbonyl (C=O) groups excluding carboxylic acids is 2. The molecule has 4 rings (SSSR count). The summed E-state index contributed by atoms with van der Waals surface area (Å²) in [5, 5.41) is 2.85. The van der Waals surface area contributed by atoms with E-state index in [1.807, 2.05) is 13.8 Å². The summed E-state index contributed by atoms with van der Waals surface area (Å²) in [5.74, 6) is -1.09. The Balaban J connectivity index is 1.46. The summed E-state index contributed by atoms with van der Waals surface area (Å²) in [5.41, 5.74) is 2.46. The molecule has 1 heterocycles. The zero-order chi connectivity index (χ0) is 26.9. The SMILES string of the molecule is CCS(=O)(=O)c1ccc(CNC(=O)c2ccc(N3C(=O)[C@H](C(C)C)[C@H]3c3ccc(Cl)c(F)c3)cc2)cc1. The fraction of sp³-hybridized carbons (Fsp3) is 0.286. The van der Waals surface area contributed by atoms with E-state index in [-0.39, 0.29) is 51.9 Å². The molecule has 2 amide bonds. The van der Waals surface area contributed by atoms with Crippen molar-refractivity contribution in [1.82, 2.24) is 5.32 Å². The van der Waals surface area contributed by atoms with Crippen molar-refractivity contribution in [2.24, 2.45) is 11.8 Å². The van der Waals surface area contributed by atoms with Crippen molar-refractivity contribution in [2.75, 3.05) is 10.7 Å². The average Bonchev–Trinajstić information content (AvgIpc) is 2.88. The lowest BCUT2D eigenvalue weighted by atomic mass is 9.75. The van der Waals surface area contributed by atoms with E-state index in [9.17, 15) is 22.4 Å². The van der Waals surface area contributed by atoms with Crippen LogP contribution in [0.15, 0.2) is 71.6 Å². The van der Waals surface area contributed by atoms with Crippen LogP contribution in [-0.4, -0.2) is 26.0 Å². The summed E-state index contributed by atoms with van der Waals surface area (Å²) in [7, 11) is -3.28. The molecule has 3 aromatic carbocycles. The lowest BCUT2D eigenvalue weighted by Crippen LogP contribution is -2.57. The Labute approximate surface area is 221 Å². The molecule has 0 radical (unpaired) electrons. The van der Waals surface area contributed by atoms with Crippen molar-refractivity contribution in [3.05, 3.63) is 94.3 Å². The molecule has 37 heavy (non-hydrogen) atoms. The van der Waals surface area contributed by atoms with Gasteiger partial charge in [0.25, 0.3) is 5.91 Å². The van der Waals surface area contributed by atoms with Crippen molar-refractivity contribution in [3.63, 3.8) is 0 Å². The third-order valence-corrected chi connectivity index (χ3v) is 8.72. The largest absolute Gasteiger partial charge is 0.348 e. The summed E-state index contributed by atoms with van der Waals surface area (Å²) in [4.78, 5) is 27.6. The van der Waals surface area contributed by atoms with Gasteiger partial charge in [-0.25, -0.2) is 12.8 Å². The number of anilines is 1. The van der Waals surface area contributed by atoms with Crippen LogP contribution in [0.5, 0.6) is 0 Å². The van der Waals surface area contributed by atoms with Crippen LogP contribution in [-0.2, 0) is 21.2 Å². The Morgan fingerprint density at radius 2 is 1.70 bits per heavy atom. The molecular formula is C28H28ClFN2O4S. The van der Waals surface area contributed by atoms with Crippen LogP contribution in [0.4, 0.5) is 10.1 Å². The number of β-lactam (4-membered cyclic amide) rings is 1. The zero-order valence-corrected chi connectivity index (χ0v) is 22.3. The Morgan fingerprint density at radius 3 is 2.27 bits per heavy atom. The van der Waals surface area contributed by atoms with Gasteiger partial charge in [0.2, 0.25) is 5.91 Å². The van der Waals surface area contributed by atoms with Gasteiger partial charge in [-0.3, -0.25) is 9.59 Å². The number of sulfone groups is 1. The summed E-state index contributed by atoms with van der Waals surface area (Å²) in [6.45, 7) is 5.75. The molecule has 3 aromatic rings. The van der Waals surface area contributed by atoms with Crippen molar-refractivity contribution < 1.29 is 22.4 Å². The molecule has 0 spiro atoms. The third-order valence-electron chi connectivity index (χ3n) is 6.67. The molecule has 0 aromatic heterocycles. The van der Waals surface area contributed by atoms with Gasteiger partial charge in [0.1, 0.15) is 5.82 Å². The van der Waals surface area contributed by atoms with Gasteiger partial charge in [0, 0.05) is 17.8 Å². The van der Waals surface area contributed by atoms with Gasteiger partial charge < -0.3 is 10.2 Å². The second-order valence-electron chi connectivity index (χ2n) is 9.37. The normalized spacial score (nSPS) is 17.6. The van der Waals surface area contributed by atoms with Crippen molar-refractivity contribution >= 4 is 38.9 Å². The lowest BCUT2D eigenvalue weighted by molar-refractivity contribution is -0.132. The average molecular weight is 543 g/mol. The fourth-order valence-electron chi connectivity index (χ4n) is 4.54. The number of amides is 2. The van der Waals surface area contributed by atoms with Gasteiger partial charge in [-0.2, -0.15) is 0 Å². The van der Waals surface area contributed by atoms with Crippen LogP contribution in [0.2, 0.25) is 5.02 Å². The van der Waals surface area contributed by atoms with Crippen LogP contribution in [0.3, 0.4) is 0 Å². The monoisotopic (exact) mass is 542 g/mol. The number of carbonyl (C=O) groups is 2. The maximum Gasteiger partial charge on any atom is 0.251 e. The van der Waals surface area contributed by atoms with Crippen LogP contribution in [0, 0.1) is 17.7 Å². The minimum absolute atomic E-state index is 0.0254. The highest BCUT2D eigenvalue weighted by Gasteiger charge is 2.50. The number of rotatable bonds is 8. The van der Waals surface area contributed by atoms with E-state index in [1.54, 1.807) is 54.3 Å². The standard InChI is InChI=1S/C28H28ClFN2O4S/c1-4-37(35,36)22-12-5-18(6-13-22)16-31-27(33)19-7-10-21(11-8-19)32-26(25(17(2)3)28(32)34)20-9-14-23(29)24(30)15-20/h5-15,17,25-26H,4,16H2,1-3H3,(H,31,33)/t25-,26-/m1/s1. The minimum atomic E-state index is -3.28. The molecule has 1 N–H and O–H groups in total. The maximum atomic E-state index is 14.2. The van der Waals surface area contributed by atoms with Gasteiger partial charge in [0.05, 0.1) is 27.6 Å². The smallest absolute Gasteiger partial charge is 0.251 e. The first kappa shape index (κ1) is 26.8. The van der Waals surface area contributed by atoms with Crippen molar-refractivity contribution in [1.29, 1.82) is 0 Å². The zero-order valence-electron chi connectivity index (χ0n) is 20.7. The maximum absolute atomic E-state index is 14.2. The van der Waals surface area contributed by atoms with E-state index in [4.69, 9.17) is 11.6 Å². The van der Waals surface area contributed by atoms with Crippen molar-refractivity contribution in [3.8, 4) is 0 Å². The van der Waals surface area contributed by atoms with Gasteiger partial charge >= 0.3 is 0 Å². The Morgan fingerprint density at radius 1 is 1.05 bits per heavy atom. The topological polar surface area (TPSA) is 83.6 Å². The van der Waals surface area contributed by atoms with E-state index < -0.39 is 15.7 Å². The first-order valence-electron chi connectivity index (χ1n) is 12.0. The molecule has 1 fully saturated rings. The van der Waals surface area contributed by atoms with E-state index in [2.05, 4.69) is 5.32 Å². The molecule has 0 saturated carbocycles. The molecule has 6 nitrogen and oxygen atoms in total. The number of nitrogens with zero attached hydrogens (tertiary/aromatic N) is 1. The van der Waals surface area contributed by atoms with Crippen LogP contribution >= 0.6 is 11.6 Å². The van der Waals surface area contributed by atoms with Gasteiger partial charge in [0.15, 0.2) is 9.84 Å². The summed E-state index contributed by atoms with van der Waals surface area (Å²) in [6, 6.07) is 17.4. The Bertz CT molecular complexity index is 1420. The summed E-state index contributed by atoms with van der Waals surface area (Å²) < 4.78 is 38.1. The fourth-order valence-corrected chi connectivity index (χ4v) is 5.54. The van der Waals surface area contributed by atoms with Crippen LogP contribution in [0.1, 0.15) is 48.3 Å². The van der Waals surface area contributed by atoms with Gasteiger partial charge in [-0.05, 0) is 65.6 Å². The predicted molar refractivity (Wildman–Crippen MR) is 142 cm³/mol. The molecule has 1 aliphatic heterocycles. The summed E-state index contributed by atoms with van der Waals surface area (Å²) in [6.07, 6.45) is 0. The molecule has 0 unspecified atom stereocenters. The molecule has 0 aliphatic carbocycles. The molecule has 194 valence electrons. The predicted octanol–water partition coefficient (Wildman–Crippen LogP) is 5.56. The van der Waals surface area contributed by atoms with Crippen LogP contribution in [0.25, 0.3) is 0 Å². The second kappa shape index (κ2) is 10.6. The highest BCUT2D eigenvalue weighted by molar-refractivity contribution is 7.91. The van der Waals surface area contributed by atoms with E-state index in [1.165, 1.54) is 24.3 Å². The number of hydrogen-bond donors (Lipinski definition) is 1. The Hall–Kier alpha value is -3.23. The van der Waals surface area contributed by atoms with E-state index in [0.29, 0.717) is 16.8 Å². The number of hydrogen-bond acceptors (Lipinski definition) is 4.